The SMILES string of the molecule is C[C@]12[C@H](CC[C@H]1c1ccccc1)CCN2c1ccccc1. The van der Waals surface area contributed by atoms with Crippen LogP contribution in [0.1, 0.15) is 37.7 Å². The highest BCUT2D eigenvalue weighted by molar-refractivity contribution is 5.53. The van der Waals surface area contributed by atoms with Gasteiger partial charge in [-0.05, 0) is 49.8 Å². The maximum Gasteiger partial charge on any atom is 0.0471 e. The van der Waals surface area contributed by atoms with Gasteiger partial charge in [0.1, 0.15) is 0 Å². The average Bonchev–Trinajstić information content (AvgIpc) is 3.03. The van der Waals surface area contributed by atoms with Crippen molar-refractivity contribution in [3.05, 3.63) is 66.2 Å². The van der Waals surface area contributed by atoms with Crippen molar-refractivity contribution in [1.29, 1.82) is 0 Å². The third kappa shape index (κ3) is 1.91. The zero-order chi connectivity index (χ0) is 14.3. The zero-order valence-electron chi connectivity index (χ0n) is 12.7. The summed E-state index contributed by atoms with van der Waals surface area (Å²) >= 11 is 0. The molecule has 0 bridgehead atoms. The van der Waals surface area contributed by atoms with Gasteiger partial charge in [0.25, 0.3) is 0 Å². The lowest BCUT2D eigenvalue weighted by atomic mass is 9.79. The third-order valence-electron chi connectivity index (χ3n) is 5.89. The molecule has 0 unspecified atom stereocenters. The summed E-state index contributed by atoms with van der Waals surface area (Å²) in [5.74, 6) is 1.49. The molecule has 0 aromatic heterocycles. The lowest BCUT2D eigenvalue weighted by molar-refractivity contribution is 0.360. The summed E-state index contributed by atoms with van der Waals surface area (Å²) in [6, 6.07) is 22.1. The van der Waals surface area contributed by atoms with E-state index in [0.29, 0.717) is 5.92 Å². The zero-order valence-corrected chi connectivity index (χ0v) is 12.7. The van der Waals surface area contributed by atoms with Gasteiger partial charge in [-0.3, -0.25) is 0 Å². The van der Waals surface area contributed by atoms with Gasteiger partial charge in [-0.25, -0.2) is 0 Å². The molecule has 1 heteroatoms. The number of nitrogens with zero attached hydrogens (tertiary/aromatic N) is 1. The number of anilines is 1. The predicted octanol–water partition coefficient (Wildman–Crippen LogP) is 4.85. The highest BCUT2D eigenvalue weighted by Crippen LogP contribution is 2.55. The molecule has 108 valence electrons. The Bertz CT molecular complexity index is 553. The van der Waals surface area contributed by atoms with E-state index in [4.69, 9.17) is 0 Å². The van der Waals surface area contributed by atoms with Gasteiger partial charge in [0.15, 0.2) is 0 Å². The maximum atomic E-state index is 2.68. The number of hydrogen-bond acceptors (Lipinski definition) is 1. The van der Waals surface area contributed by atoms with Crippen molar-refractivity contribution in [2.45, 2.75) is 37.6 Å². The lowest BCUT2D eigenvalue weighted by Gasteiger charge is -2.42. The van der Waals surface area contributed by atoms with E-state index < -0.39 is 0 Å². The molecule has 0 spiro atoms. The molecule has 3 atom stereocenters. The summed E-state index contributed by atoms with van der Waals surface area (Å²) in [7, 11) is 0. The van der Waals surface area contributed by atoms with E-state index in [1.807, 2.05) is 0 Å². The largest absolute Gasteiger partial charge is 0.365 e. The van der Waals surface area contributed by atoms with Crippen LogP contribution in [0.5, 0.6) is 0 Å². The van der Waals surface area contributed by atoms with Gasteiger partial charge in [0.2, 0.25) is 0 Å². The number of fused-ring (bicyclic) bond motifs is 1. The first-order valence-corrected chi connectivity index (χ1v) is 8.18. The van der Waals surface area contributed by atoms with Gasteiger partial charge in [-0.15, -0.1) is 0 Å². The molecule has 2 fully saturated rings. The van der Waals surface area contributed by atoms with Gasteiger partial charge in [-0.2, -0.15) is 0 Å². The Hall–Kier alpha value is -1.76. The standard InChI is InChI=1S/C20H23N/c1-20-17(12-13-19(20)16-8-4-2-5-9-16)14-15-21(20)18-10-6-3-7-11-18/h2-11,17,19H,12-15H2,1H3/t17-,19+,20+/m1/s1. The van der Waals surface area contributed by atoms with Crippen LogP contribution in [0.4, 0.5) is 5.69 Å². The quantitative estimate of drug-likeness (QED) is 0.758. The summed E-state index contributed by atoms with van der Waals surface area (Å²) in [6.45, 7) is 3.71. The van der Waals surface area contributed by atoms with Crippen molar-refractivity contribution < 1.29 is 0 Å². The van der Waals surface area contributed by atoms with Crippen molar-refractivity contribution in [3.8, 4) is 0 Å². The van der Waals surface area contributed by atoms with Gasteiger partial charge < -0.3 is 4.90 Å². The summed E-state index contributed by atoms with van der Waals surface area (Å²) in [6.07, 6.45) is 4.04. The normalized spacial score (nSPS) is 31.4. The molecule has 1 aliphatic carbocycles. The third-order valence-corrected chi connectivity index (χ3v) is 5.89. The number of benzene rings is 2. The minimum atomic E-state index is 0.280. The van der Waals surface area contributed by atoms with E-state index in [0.717, 1.165) is 5.92 Å². The molecule has 1 saturated carbocycles. The minimum Gasteiger partial charge on any atom is -0.365 e. The number of hydrogen-bond donors (Lipinski definition) is 0. The van der Waals surface area contributed by atoms with Crippen molar-refractivity contribution in [1.82, 2.24) is 0 Å². The highest BCUT2D eigenvalue weighted by Gasteiger charge is 2.54. The summed E-state index contributed by atoms with van der Waals surface area (Å²) < 4.78 is 0. The van der Waals surface area contributed by atoms with Crippen LogP contribution in [0.15, 0.2) is 60.7 Å². The Morgan fingerprint density at radius 2 is 1.52 bits per heavy atom. The van der Waals surface area contributed by atoms with E-state index in [-0.39, 0.29) is 5.54 Å². The predicted molar refractivity (Wildman–Crippen MR) is 88.7 cm³/mol. The molecule has 2 aliphatic rings. The van der Waals surface area contributed by atoms with Crippen LogP contribution in [-0.4, -0.2) is 12.1 Å². The van der Waals surface area contributed by atoms with Crippen LogP contribution in [0.25, 0.3) is 0 Å². The molecule has 1 nitrogen and oxygen atoms in total. The Balaban J connectivity index is 1.75. The van der Waals surface area contributed by atoms with Crippen LogP contribution >= 0.6 is 0 Å². The van der Waals surface area contributed by atoms with Crippen LogP contribution in [-0.2, 0) is 0 Å². The van der Waals surface area contributed by atoms with Gasteiger partial charge in [0, 0.05) is 23.7 Å². The molecule has 1 aliphatic heterocycles. The second kappa shape index (κ2) is 4.91. The summed E-state index contributed by atoms with van der Waals surface area (Å²) in [4.78, 5) is 2.68. The van der Waals surface area contributed by atoms with E-state index in [2.05, 4.69) is 72.5 Å². The monoisotopic (exact) mass is 277 g/mol. The van der Waals surface area contributed by atoms with E-state index in [9.17, 15) is 0 Å². The van der Waals surface area contributed by atoms with E-state index >= 15 is 0 Å². The summed E-state index contributed by atoms with van der Waals surface area (Å²) in [5.41, 5.74) is 3.19. The van der Waals surface area contributed by atoms with Crippen molar-refractivity contribution >= 4 is 5.69 Å². The van der Waals surface area contributed by atoms with Gasteiger partial charge in [0.05, 0.1) is 0 Å². The van der Waals surface area contributed by atoms with Crippen LogP contribution < -0.4 is 4.90 Å². The second-order valence-electron chi connectivity index (χ2n) is 6.74. The maximum absolute atomic E-state index is 2.68. The highest BCUT2D eigenvalue weighted by atomic mass is 15.2. The van der Waals surface area contributed by atoms with Crippen LogP contribution in [0.3, 0.4) is 0 Å². The molecular formula is C20H23N. The first-order chi connectivity index (χ1) is 10.3. The number of rotatable bonds is 2. The van der Waals surface area contributed by atoms with Crippen molar-refractivity contribution in [3.63, 3.8) is 0 Å². The molecule has 2 aromatic carbocycles. The Morgan fingerprint density at radius 3 is 2.24 bits per heavy atom. The summed E-state index contributed by atoms with van der Waals surface area (Å²) in [5, 5.41) is 0. The van der Waals surface area contributed by atoms with Gasteiger partial charge >= 0.3 is 0 Å². The smallest absolute Gasteiger partial charge is 0.0471 e. The fourth-order valence-corrected chi connectivity index (χ4v) is 4.81. The minimum absolute atomic E-state index is 0.280. The molecule has 2 aromatic rings. The van der Waals surface area contributed by atoms with Crippen LogP contribution in [0.2, 0.25) is 0 Å². The van der Waals surface area contributed by atoms with Crippen molar-refractivity contribution in [2.24, 2.45) is 5.92 Å². The topological polar surface area (TPSA) is 3.24 Å². The molecular weight excluding hydrogens is 254 g/mol. The molecule has 1 saturated heterocycles. The average molecular weight is 277 g/mol. The van der Waals surface area contributed by atoms with Crippen molar-refractivity contribution in [2.75, 3.05) is 11.4 Å². The first-order valence-electron chi connectivity index (χ1n) is 8.18. The Labute approximate surface area is 127 Å². The number of para-hydroxylation sites is 1. The van der Waals surface area contributed by atoms with E-state index in [1.165, 1.54) is 37.1 Å². The van der Waals surface area contributed by atoms with E-state index in [1.54, 1.807) is 0 Å². The molecule has 0 N–H and O–H groups in total. The van der Waals surface area contributed by atoms with Gasteiger partial charge in [-0.1, -0.05) is 48.5 Å². The molecule has 0 radical (unpaired) electrons. The Morgan fingerprint density at radius 1 is 0.857 bits per heavy atom. The fourth-order valence-electron chi connectivity index (χ4n) is 4.81. The molecule has 0 amide bonds. The first kappa shape index (κ1) is 12.9. The fraction of sp³-hybridized carbons (Fsp3) is 0.400. The molecule has 21 heavy (non-hydrogen) atoms. The lowest BCUT2D eigenvalue weighted by Crippen LogP contribution is -2.47. The molecule has 1 heterocycles. The Kier molecular flexibility index (Phi) is 3.02. The molecule has 4 rings (SSSR count). The van der Waals surface area contributed by atoms with Crippen LogP contribution in [0, 0.1) is 5.92 Å². The second-order valence-corrected chi connectivity index (χ2v) is 6.74.